The molecule has 0 bridgehead atoms. The highest BCUT2D eigenvalue weighted by atomic mass is 35.5. The van der Waals surface area contributed by atoms with Gasteiger partial charge in [0.2, 0.25) is 5.95 Å². The van der Waals surface area contributed by atoms with Crippen molar-refractivity contribution in [3.05, 3.63) is 52.8 Å². The fraction of sp³-hybridized carbons (Fsp3) is 0.154. The molecule has 0 unspecified atom stereocenters. The first-order chi connectivity index (χ1) is 9.22. The molecule has 0 aliphatic carbocycles. The maximum atomic E-state index is 6.09. The number of halogens is 1. The fourth-order valence-electron chi connectivity index (χ4n) is 1.74. The van der Waals surface area contributed by atoms with Gasteiger partial charge in [0.1, 0.15) is 0 Å². The molecule has 3 rings (SSSR count). The maximum Gasteiger partial charge on any atom is 0.253 e. The second kappa shape index (κ2) is 4.85. The van der Waals surface area contributed by atoms with Gasteiger partial charge in [-0.25, -0.2) is 9.50 Å². The van der Waals surface area contributed by atoms with Crippen LogP contribution in [0.25, 0.3) is 5.78 Å². The van der Waals surface area contributed by atoms with E-state index >= 15 is 0 Å². The van der Waals surface area contributed by atoms with Gasteiger partial charge in [0.25, 0.3) is 5.78 Å². The molecule has 1 aromatic carbocycles. The largest absolute Gasteiger partial charge is 0.349 e. The van der Waals surface area contributed by atoms with E-state index in [1.54, 1.807) is 10.7 Å². The summed E-state index contributed by atoms with van der Waals surface area (Å²) in [5.41, 5.74) is 2.16. The zero-order chi connectivity index (χ0) is 13.2. The summed E-state index contributed by atoms with van der Waals surface area (Å²) in [5, 5.41) is 8.19. The van der Waals surface area contributed by atoms with Gasteiger partial charge < -0.3 is 5.32 Å². The van der Waals surface area contributed by atoms with Crippen LogP contribution in [0, 0.1) is 6.92 Å². The number of aromatic nitrogens is 4. The molecule has 0 fully saturated rings. The zero-order valence-electron chi connectivity index (χ0n) is 10.3. The number of aryl methyl sites for hydroxylation is 1. The van der Waals surface area contributed by atoms with E-state index in [-0.39, 0.29) is 0 Å². The molecule has 0 aliphatic heterocycles. The third-order valence-corrected chi connectivity index (χ3v) is 3.21. The number of anilines is 1. The highest BCUT2D eigenvalue weighted by molar-refractivity contribution is 6.31. The van der Waals surface area contributed by atoms with E-state index in [0.717, 1.165) is 16.1 Å². The predicted molar refractivity (Wildman–Crippen MR) is 74.3 cm³/mol. The number of rotatable bonds is 3. The van der Waals surface area contributed by atoms with Crippen LogP contribution in [0.2, 0.25) is 5.02 Å². The number of benzene rings is 1. The summed E-state index contributed by atoms with van der Waals surface area (Å²) in [6.07, 6.45) is 3.50. The Kier molecular flexibility index (Phi) is 3.05. The molecule has 0 saturated carbocycles. The standard InChI is InChI=1S/C13H12ClN5/c1-9-3-4-10(7-11(9)14)8-16-12-17-13-15-5-2-6-19(13)18-12/h2-7H,8H2,1H3,(H,16,18). The van der Waals surface area contributed by atoms with Gasteiger partial charge in [-0.3, -0.25) is 0 Å². The molecule has 5 nitrogen and oxygen atoms in total. The van der Waals surface area contributed by atoms with Crippen molar-refractivity contribution in [1.82, 2.24) is 19.6 Å². The van der Waals surface area contributed by atoms with Crippen molar-refractivity contribution in [2.75, 3.05) is 5.32 Å². The number of hydrogen-bond acceptors (Lipinski definition) is 4. The molecule has 0 atom stereocenters. The quantitative estimate of drug-likeness (QED) is 0.797. The average Bonchev–Trinajstić information content (AvgIpc) is 2.83. The molecule has 0 amide bonds. The molecule has 0 aliphatic rings. The topological polar surface area (TPSA) is 55.1 Å². The zero-order valence-corrected chi connectivity index (χ0v) is 11.1. The maximum absolute atomic E-state index is 6.09. The second-order valence-corrected chi connectivity index (χ2v) is 4.64. The molecule has 96 valence electrons. The first-order valence-electron chi connectivity index (χ1n) is 5.89. The summed E-state index contributed by atoms with van der Waals surface area (Å²) in [7, 11) is 0. The lowest BCUT2D eigenvalue weighted by Gasteiger charge is -2.04. The van der Waals surface area contributed by atoms with Crippen LogP contribution in [0.15, 0.2) is 36.7 Å². The lowest BCUT2D eigenvalue weighted by Crippen LogP contribution is -2.01. The van der Waals surface area contributed by atoms with Crippen LogP contribution in [0.3, 0.4) is 0 Å². The number of hydrogen-bond donors (Lipinski definition) is 1. The van der Waals surface area contributed by atoms with E-state index in [1.165, 1.54) is 0 Å². The highest BCUT2D eigenvalue weighted by Crippen LogP contribution is 2.17. The van der Waals surface area contributed by atoms with E-state index in [1.807, 2.05) is 37.4 Å². The first-order valence-corrected chi connectivity index (χ1v) is 6.26. The van der Waals surface area contributed by atoms with Gasteiger partial charge in [0.15, 0.2) is 0 Å². The molecule has 2 aromatic heterocycles. The van der Waals surface area contributed by atoms with Crippen LogP contribution in [-0.2, 0) is 6.54 Å². The first kappa shape index (κ1) is 11.9. The Morgan fingerprint density at radius 1 is 1.37 bits per heavy atom. The fourth-order valence-corrected chi connectivity index (χ4v) is 1.94. The Morgan fingerprint density at radius 3 is 3.05 bits per heavy atom. The number of nitrogens with one attached hydrogen (secondary N) is 1. The minimum atomic E-state index is 0.551. The van der Waals surface area contributed by atoms with Gasteiger partial charge in [-0.05, 0) is 30.2 Å². The molecule has 3 aromatic rings. The third-order valence-electron chi connectivity index (χ3n) is 2.80. The second-order valence-electron chi connectivity index (χ2n) is 4.24. The lowest BCUT2D eigenvalue weighted by molar-refractivity contribution is 0.932. The molecule has 0 spiro atoms. The summed E-state index contributed by atoms with van der Waals surface area (Å²) in [6.45, 7) is 2.60. The van der Waals surface area contributed by atoms with Crippen molar-refractivity contribution >= 4 is 23.3 Å². The van der Waals surface area contributed by atoms with Gasteiger partial charge in [0, 0.05) is 24.0 Å². The highest BCUT2D eigenvalue weighted by Gasteiger charge is 2.03. The Hall–Kier alpha value is -2.14. The summed E-state index contributed by atoms with van der Waals surface area (Å²) in [6, 6.07) is 7.78. The Labute approximate surface area is 115 Å². The van der Waals surface area contributed by atoms with Crippen molar-refractivity contribution in [2.45, 2.75) is 13.5 Å². The van der Waals surface area contributed by atoms with E-state index in [4.69, 9.17) is 11.6 Å². The Balaban J connectivity index is 1.76. The summed E-state index contributed by atoms with van der Waals surface area (Å²) in [5.74, 6) is 1.13. The van der Waals surface area contributed by atoms with Gasteiger partial charge in [-0.1, -0.05) is 23.7 Å². The van der Waals surface area contributed by atoms with E-state index in [2.05, 4.69) is 20.4 Å². The smallest absolute Gasteiger partial charge is 0.253 e. The molecule has 6 heteroatoms. The average molecular weight is 274 g/mol. The van der Waals surface area contributed by atoms with Gasteiger partial charge >= 0.3 is 0 Å². The Morgan fingerprint density at radius 2 is 2.26 bits per heavy atom. The summed E-state index contributed by atoms with van der Waals surface area (Å²) >= 11 is 6.09. The number of fused-ring (bicyclic) bond motifs is 1. The minimum Gasteiger partial charge on any atom is -0.349 e. The van der Waals surface area contributed by atoms with E-state index in [9.17, 15) is 0 Å². The van der Waals surface area contributed by atoms with Crippen LogP contribution in [-0.4, -0.2) is 19.6 Å². The van der Waals surface area contributed by atoms with Gasteiger partial charge in [-0.15, -0.1) is 5.10 Å². The summed E-state index contributed by atoms with van der Waals surface area (Å²) < 4.78 is 1.63. The van der Waals surface area contributed by atoms with Crippen molar-refractivity contribution < 1.29 is 0 Å². The van der Waals surface area contributed by atoms with Crippen molar-refractivity contribution in [2.24, 2.45) is 0 Å². The molecule has 0 saturated heterocycles. The van der Waals surface area contributed by atoms with Crippen LogP contribution in [0.5, 0.6) is 0 Å². The molecule has 19 heavy (non-hydrogen) atoms. The summed E-state index contributed by atoms with van der Waals surface area (Å²) in [4.78, 5) is 8.38. The minimum absolute atomic E-state index is 0.551. The van der Waals surface area contributed by atoms with Crippen molar-refractivity contribution in [3.63, 3.8) is 0 Å². The lowest BCUT2D eigenvalue weighted by atomic mass is 10.1. The molecule has 2 heterocycles. The molecular weight excluding hydrogens is 262 g/mol. The van der Waals surface area contributed by atoms with Gasteiger partial charge in [0.05, 0.1) is 0 Å². The Bertz CT molecular complexity index is 689. The van der Waals surface area contributed by atoms with Crippen LogP contribution >= 0.6 is 11.6 Å². The normalized spacial score (nSPS) is 10.8. The third kappa shape index (κ3) is 2.51. The van der Waals surface area contributed by atoms with Crippen molar-refractivity contribution in [3.8, 4) is 0 Å². The van der Waals surface area contributed by atoms with Crippen LogP contribution in [0.1, 0.15) is 11.1 Å². The monoisotopic (exact) mass is 273 g/mol. The number of nitrogens with zero attached hydrogens (tertiary/aromatic N) is 4. The molecule has 0 radical (unpaired) electrons. The predicted octanol–water partition coefficient (Wildman–Crippen LogP) is 2.70. The van der Waals surface area contributed by atoms with Crippen LogP contribution in [0.4, 0.5) is 5.95 Å². The molecular formula is C13H12ClN5. The van der Waals surface area contributed by atoms with Gasteiger partial charge in [-0.2, -0.15) is 4.98 Å². The van der Waals surface area contributed by atoms with E-state index in [0.29, 0.717) is 18.3 Å². The van der Waals surface area contributed by atoms with Crippen LogP contribution < -0.4 is 5.32 Å². The SMILES string of the molecule is Cc1ccc(CNc2nc3ncccn3n2)cc1Cl. The van der Waals surface area contributed by atoms with Crippen molar-refractivity contribution in [1.29, 1.82) is 0 Å². The van der Waals surface area contributed by atoms with E-state index < -0.39 is 0 Å². The molecule has 1 N–H and O–H groups in total.